The Morgan fingerprint density at radius 2 is 2.33 bits per heavy atom. The summed E-state index contributed by atoms with van der Waals surface area (Å²) in [7, 11) is 0. The van der Waals surface area contributed by atoms with Crippen molar-refractivity contribution in [3.8, 4) is 0 Å². The molecule has 1 amide bonds. The topological polar surface area (TPSA) is 32.3 Å². The third-order valence-corrected chi connectivity index (χ3v) is 3.17. The predicted molar refractivity (Wildman–Crippen MR) is 62.7 cm³/mol. The number of rotatable bonds is 5. The minimum atomic E-state index is 0.209. The highest BCUT2D eigenvalue weighted by atomic mass is 16.2. The average molecular weight is 212 g/mol. The zero-order valence-electron chi connectivity index (χ0n) is 10.3. The van der Waals surface area contributed by atoms with E-state index in [1.165, 1.54) is 12.8 Å². The molecule has 1 N–H and O–H groups in total. The average Bonchev–Trinajstić information content (AvgIpc) is 2.63. The van der Waals surface area contributed by atoms with Crippen LogP contribution in [0, 0.1) is 5.92 Å². The first-order valence-electron chi connectivity index (χ1n) is 6.12. The molecular weight excluding hydrogens is 188 g/mol. The van der Waals surface area contributed by atoms with Crippen LogP contribution in [0.5, 0.6) is 0 Å². The number of nitrogens with zero attached hydrogens (tertiary/aromatic N) is 1. The molecule has 0 aliphatic carbocycles. The third-order valence-electron chi connectivity index (χ3n) is 3.17. The van der Waals surface area contributed by atoms with E-state index in [0.29, 0.717) is 6.04 Å². The molecule has 0 bridgehead atoms. The molecule has 0 aromatic carbocycles. The van der Waals surface area contributed by atoms with E-state index in [4.69, 9.17) is 0 Å². The minimum absolute atomic E-state index is 0.209. The lowest BCUT2D eigenvalue weighted by molar-refractivity contribution is -0.127. The van der Waals surface area contributed by atoms with Gasteiger partial charge in [0, 0.05) is 26.1 Å². The van der Waals surface area contributed by atoms with Gasteiger partial charge >= 0.3 is 0 Å². The Bertz CT molecular complexity index is 206. The van der Waals surface area contributed by atoms with Crippen LogP contribution in [0.3, 0.4) is 0 Å². The molecule has 2 unspecified atom stereocenters. The van der Waals surface area contributed by atoms with Gasteiger partial charge in [0.1, 0.15) is 0 Å². The van der Waals surface area contributed by atoms with Crippen LogP contribution in [0.1, 0.15) is 40.0 Å². The van der Waals surface area contributed by atoms with Crippen molar-refractivity contribution in [2.75, 3.05) is 19.6 Å². The second-order valence-corrected chi connectivity index (χ2v) is 4.75. The molecule has 0 aromatic heterocycles. The van der Waals surface area contributed by atoms with Crippen molar-refractivity contribution >= 4 is 5.91 Å². The molecule has 88 valence electrons. The number of hydrogen-bond acceptors (Lipinski definition) is 2. The molecule has 3 heteroatoms. The normalized spacial score (nSPS) is 23.1. The molecule has 1 heterocycles. The van der Waals surface area contributed by atoms with Crippen molar-refractivity contribution in [2.45, 2.75) is 46.1 Å². The molecule has 1 rings (SSSR count). The molecule has 3 nitrogen and oxygen atoms in total. The Hall–Kier alpha value is -0.570. The first-order chi connectivity index (χ1) is 7.13. The maximum Gasteiger partial charge on any atom is 0.219 e. The summed E-state index contributed by atoms with van der Waals surface area (Å²) in [6.07, 6.45) is 3.65. The van der Waals surface area contributed by atoms with E-state index in [9.17, 15) is 4.79 Å². The maximum atomic E-state index is 11.1. The summed E-state index contributed by atoms with van der Waals surface area (Å²) in [6.45, 7) is 9.08. The van der Waals surface area contributed by atoms with Gasteiger partial charge in [-0.25, -0.2) is 0 Å². The second kappa shape index (κ2) is 6.11. The van der Waals surface area contributed by atoms with Gasteiger partial charge in [-0.3, -0.25) is 4.79 Å². The summed E-state index contributed by atoms with van der Waals surface area (Å²) in [5, 5.41) is 3.56. The second-order valence-electron chi connectivity index (χ2n) is 4.75. The lowest BCUT2D eigenvalue weighted by atomic mass is 10.1. The van der Waals surface area contributed by atoms with Crippen LogP contribution in [-0.4, -0.2) is 36.5 Å². The van der Waals surface area contributed by atoms with Crippen molar-refractivity contribution in [1.82, 2.24) is 10.2 Å². The van der Waals surface area contributed by atoms with Crippen molar-refractivity contribution in [1.29, 1.82) is 0 Å². The van der Waals surface area contributed by atoms with Crippen molar-refractivity contribution < 1.29 is 4.79 Å². The molecule has 2 atom stereocenters. The van der Waals surface area contributed by atoms with Crippen LogP contribution in [0.15, 0.2) is 0 Å². The summed E-state index contributed by atoms with van der Waals surface area (Å²) >= 11 is 0. The Kier molecular flexibility index (Phi) is 5.09. The van der Waals surface area contributed by atoms with Gasteiger partial charge < -0.3 is 10.2 Å². The molecule has 0 aromatic rings. The highest BCUT2D eigenvalue weighted by molar-refractivity contribution is 5.73. The van der Waals surface area contributed by atoms with E-state index >= 15 is 0 Å². The Balaban J connectivity index is 2.16. The van der Waals surface area contributed by atoms with Gasteiger partial charge in [-0.05, 0) is 25.3 Å². The zero-order valence-corrected chi connectivity index (χ0v) is 10.3. The summed E-state index contributed by atoms with van der Waals surface area (Å²) < 4.78 is 0. The summed E-state index contributed by atoms with van der Waals surface area (Å²) in [5.74, 6) is 0.960. The highest BCUT2D eigenvalue weighted by Gasteiger charge is 2.23. The monoisotopic (exact) mass is 212 g/mol. The van der Waals surface area contributed by atoms with Gasteiger partial charge in [0.25, 0.3) is 0 Å². The SMILES string of the molecule is CCCC(C)CNC1CCN(C(C)=O)C1. The molecule has 1 saturated heterocycles. The first-order valence-corrected chi connectivity index (χ1v) is 6.12. The molecule has 1 aliphatic heterocycles. The van der Waals surface area contributed by atoms with Crippen LogP contribution in [-0.2, 0) is 4.79 Å². The fourth-order valence-corrected chi connectivity index (χ4v) is 2.18. The van der Waals surface area contributed by atoms with Crippen LogP contribution < -0.4 is 5.32 Å². The number of amides is 1. The van der Waals surface area contributed by atoms with Gasteiger partial charge in [0.05, 0.1) is 0 Å². The smallest absolute Gasteiger partial charge is 0.219 e. The van der Waals surface area contributed by atoms with Crippen LogP contribution in [0.4, 0.5) is 0 Å². The standard InChI is InChI=1S/C12H24N2O/c1-4-5-10(2)8-13-12-6-7-14(9-12)11(3)15/h10,12-13H,4-9H2,1-3H3. The first kappa shape index (κ1) is 12.5. The van der Waals surface area contributed by atoms with E-state index in [2.05, 4.69) is 19.2 Å². The summed E-state index contributed by atoms with van der Waals surface area (Å²) in [6, 6.07) is 0.521. The Morgan fingerprint density at radius 3 is 2.87 bits per heavy atom. The largest absolute Gasteiger partial charge is 0.341 e. The molecule has 15 heavy (non-hydrogen) atoms. The van der Waals surface area contributed by atoms with Crippen molar-refractivity contribution in [3.63, 3.8) is 0 Å². The summed E-state index contributed by atoms with van der Waals surface area (Å²) in [4.78, 5) is 13.1. The molecule has 0 saturated carbocycles. The highest BCUT2D eigenvalue weighted by Crippen LogP contribution is 2.10. The fraction of sp³-hybridized carbons (Fsp3) is 0.917. The molecule has 0 radical (unpaired) electrons. The van der Waals surface area contributed by atoms with Gasteiger partial charge in [-0.2, -0.15) is 0 Å². The quantitative estimate of drug-likeness (QED) is 0.751. The van der Waals surface area contributed by atoms with Gasteiger partial charge in [0.15, 0.2) is 0 Å². The van der Waals surface area contributed by atoms with Crippen molar-refractivity contribution in [3.05, 3.63) is 0 Å². The van der Waals surface area contributed by atoms with Crippen LogP contribution in [0.25, 0.3) is 0 Å². The Labute approximate surface area is 93.2 Å². The maximum absolute atomic E-state index is 11.1. The van der Waals surface area contributed by atoms with Crippen molar-refractivity contribution in [2.24, 2.45) is 5.92 Å². The number of carbonyl (C=O) groups excluding carboxylic acids is 1. The van der Waals surface area contributed by atoms with E-state index in [1.54, 1.807) is 6.92 Å². The molecule has 1 aliphatic rings. The molecular formula is C12H24N2O. The predicted octanol–water partition coefficient (Wildman–Crippen LogP) is 1.63. The fourth-order valence-electron chi connectivity index (χ4n) is 2.18. The minimum Gasteiger partial charge on any atom is -0.341 e. The Morgan fingerprint density at radius 1 is 1.60 bits per heavy atom. The van der Waals surface area contributed by atoms with Crippen LogP contribution >= 0.6 is 0 Å². The van der Waals surface area contributed by atoms with E-state index in [1.807, 2.05) is 4.90 Å². The van der Waals surface area contributed by atoms with Gasteiger partial charge in [0.2, 0.25) is 5.91 Å². The molecule has 1 fully saturated rings. The van der Waals surface area contributed by atoms with E-state index in [-0.39, 0.29) is 5.91 Å². The number of carbonyl (C=O) groups is 1. The molecule has 0 spiro atoms. The lowest BCUT2D eigenvalue weighted by Gasteiger charge is -2.17. The zero-order chi connectivity index (χ0) is 11.3. The van der Waals surface area contributed by atoms with Gasteiger partial charge in [-0.15, -0.1) is 0 Å². The number of hydrogen-bond donors (Lipinski definition) is 1. The lowest BCUT2D eigenvalue weighted by Crippen LogP contribution is -2.36. The summed E-state index contributed by atoms with van der Waals surface area (Å²) in [5.41, 5.74) is 0. The van der Waals surface area contributed by atoms with E-state index < -0.39 is 0 Å². The third kappa shape index (κ3) is 4.20. The number of likely N-dealkylation sites (tertiary alicyclic amines) is 1. The van der Waals surface area contributed by atoms with Crippen LogP contribution in [0.2, 0.25) is 0 Å². The number of nitrogens with one attached hydrogen (secondary N) is 1. The van der Waals surface area contributed by atoms with Gasteiger partial charge in [-0.1, -0.05) is 20.3 Å². The van der Waals surface area contributed by atoms with E-state index in [0.717, 1.165) is 32.0 Å².